The number of aromatic amines is 1. The molecular formula is C30H39N3O5S. The summed E-state index contributed by atoms with van der Waals surface area (Å²) >= 11 is 1.56. The number of hydrogen-bond acceptors (Lipinski definition) is 6. The molecule has 210 valence electrons. The molecule has 3 N–H and O–H groups in total. The van der Waals surface area contributed by atoms with Crippen molar-refractivity contribution in [2.45, 2.75) is 57.8 Å². The fourth-order valence-electron chi connectivity index (χ4n) is 5.48. The summed E-state index contributed by atoms with van der Waals surface area (Å²) in [6.07, 6.45) is 6.23. The van der Waals surface area contributed by atoms with Gasteiger partial charge in [0.05, 0.1) is 13.2 Å². The smallest absolute Gasteiger partial charge is 0.326 e. The Hall–Kier alpha value is -3.01. The number of nitrogens with one attached hydrogen (secondary N) is 2. The van der Waals surface area contributed by atoms with E-state index in [9.17, 15) is 14.7 Å². The van der Waals surface area contributed by atoms with Crippen LogP contribution in [0.25, 0.3) is 10.9 Å². The number of fused-ring (bicyclic) bond motifs is 1. The fraction of sp³-hybridized carbons (Fsp3) is 0.467. The number of likely N-dealkylation sites (tertiary alicyclic amines) is 1. The average Bonchev–Trinajstić information content (AvgIpc) is 3.44. The first-order valence-electron chi connectivity index (χ1n) is 13.5. The number of nitrogens with zero attached hydrogens (tertiary/aromatic N) is 1. The van der Waals surface area contributed by atoms with Crippen molar-refractivity contribution in [2.24, 2.45) is 0 Å². The van der Waals surface area contributed by atoms with Gasteiger partial charge in [0.2, 0.25) is 0 Å². The van der Waals surface area contributed by atoms with Crippen LogP contribution < -0.4 is 10.1 Å². The number of hydrogen-bond donors (Lipinski definition) is 3. The van der Waals surface area contributed by atoms with Gasteiger partial charge in [0.15, 0.2) is 0 Å². The standard InChI is InChI=1S/C30H39N3O5S/c1-5-38-22-11-14-33(18-24-23-10-13-31-28(23)19(2)16-27(24)37-3)26(17-22)20-6-8-21(9-7-20)29(34)32-25(30(35)36)12-15-39-4/h6-10,13,16,22,25-26,31H,5,11-12,14-15,17-18H2,1-4H3,(H,32,34)(H,35,36)/t22-,25+,26+/m1/s1. The molecule has 2 aromatic carbocycles. The molecule has 1 aliphatic rings. The van der Waals surface area contributed by atoms with E-state index in [1.54, 1.807) is 31.0 Å². The van der Waals surface area contributed by atoms with Crippen LogP contribution in [0.4, 0.5) is 0 Å². The van der Waals surface area contributed by atoms with Gasteiger partial charge in [-0.15, -0.1) is 0 Å². The Kier molecular flexibility index (Phi) is 9.94. The predicted octanol–water partition coefficient (Wildman–Crippen LogP) is 5.16. The topological polar surface area (TPSA) is 104 Å². The van der Waals surface area contributed by atoms with Crippen molar-refractivity contribution in [1.29, 1.82) is 0 Å². The Morgan fingerprint density at radius 1 is 1.26 bits per heavy atom. The van der Waals surface area contributed by atoms with Crippen molar-refractivity contribution in [3.05, 3.63) is 64.8 Å². The number of carbonyl (C=O) groups excluding carboxylic acids is 1. The Morgan fingerprint density at radius 3 is 2.69 bits per heavy atom. The van der Waals surface area contributed by atoms with Crippen LogP contribution in [0.5, 0.6) is 5.75 Å². The van der Waals surface area contributed by atoms with Crippen molar-refractivity contribution in [2.75, 3.05) is 32.3 Å². The summed E-state index contributed by atoms with van der Waals surface area (Å²) in [5.41, 5.74) is 4.98. The van der Waals surface area contributed by atoms with Crippen molar-refractivity contribution in [3.63, 3.8) is 0 Å². The molecule has 1 saturated heterocycles. The van der Waals surface area contributed by atoms with E-state index in [4.69, 9.17) is 9.47 Å². The van der Waals surface area contributed by atoms with E-state index in [1.165, 1.54) is 5.39 Å². The van der Waals surface area contributed by atoms with E-state index in [0.29, 0.717) is 24.3 Å². The number of rotatable bonds is 12. The van der Waals surface area contributed by atoms with Crippen LogP contribution in [0.2, 0.25) is 0 Å². The van der Waals surface area contributed by atoms with E-state index in [1.807, 2.05) is 31.5 Å². The molecular weight excluding hydrogens is 514 g/mol. The molecule has 3 atom stereocenters. The first kappa shape index (κ1) is 29.0. The predicted molar refractivity (Wildman–Crippen MR) is 156 cm³/mol. The molecule has 1 amide bonds. The van der Waals surface area contributed by atoms with E-state index < -0.39 is 12.0 Å². The summed E-state index contributed by atoms with van der Waals surface area (Å²) in [5.74, 6) is 0.154. The number of carboxylic acids is 1. The maximum absolute atomic E-state index is 12.8. The molecule has 39 heavy (non-hydrogen) atoms. The van der Waals surface area contributed by atoms with Crippen LogP contribution in [-0.2, 0) is 16.1 Å². The third-order valence-corrected chi connectivity index (χ3v) is 8.18. The first-order chi connectivity index (χ1) is 18.9. The zero-order valence-electron chi connectivity index (χ0n) is 23.2. The highest BCUT2D eigenvalue weighted by atomic mass is 32.2. The molecule has 3 aromatic rings. The molecule has 2 heterocycles. The number of amides is 1. The van der Waals surface area contributed by atoms with Crippen LogP contribution in [-0.4, -0.2) is 71.3 Å². The molecule has 4 rings (SSSR count). The Balaban J connectivity index is 1.58. The van der Waals surface area contributed by atoms with Crippen molar-refractivity contribution in [1.82, 2.24) is 15.2 Å². The Labute approximate surface area is 234 Å². The van der Waals surface area contributed by atoms with Crippen LogP contribution in [0.1, 0.15) is 59.3 Å². The number of aliphatic carboxylic acids is 1. The van der Waals surface area contributed by atoms with Gasteiger partial charge in [0.25, 0.3) is 5.91 Å². The number of ether oxygens (including phenoxy) is 2. The highest BCUT2D eigenvalue weighted by Crippen LogP contribution is 2.38. The van der Waals surface area contributed by atoms with Gasteiger partial charge in [0.1, 0.15) is 11.8 Å². The molecule has 9 heteroatoms. The van der Waals surface area contributed by atoms with E-state index in [2.05, 4.69) is 34.3 Å². The monoisotopic (exact) mass is 553 g/mol. The fourth-order valence-corrected chi connectivity index (χ4v) is 5.95. The second-order valence-electron chi connectivity index (χ2n) is 10.00. The van der Waals surface area contributed by atoms with Gasteiger partial charge >= 0.3 is 5.97 Å². The number of methoxy groups -OCH3 is 1. The Bertz CT molecular complexity index is 1280. The minimum atomic E-state index is -1.02. The number of thioether (sulfide) groups is 1. The SMILES string of the molecule is CCO[C@@H]1CCN(Cc2c(OC)cc(C)c3[nH]ccc23)[C@H](c2ccc(C(=O)N[C@@H](CCSC)C(=O)O)cc2)C1. The lowest BCUT2D eigenvalue weighted by Crippen LogP contribution is -2.41. The second-order valence-corrected chi connectivity index (χ2v) is 11.0. The lowest BCUT2D eigenvalue weighted by Gasteiger charge is -2.40. The van der Waals surface area contributed by atoms with Gasteiger partial charge in [-0.25, -0.2) is 4.79 Å². The van der Waals surface area contributed by atoms with Crippen molar-refractivity contribution < 1.29 is 24.2 Å². The van der Waals surface area contributed by atoms with E-state index in [0.717, 1.165) is 53.9 Å². The summed E-state index contributed by atoms with van der Waals surface area (Å²) in [6, 6.07) is 10.9. The zero-order chi connectivity index (χ0) is 27.9. The quantitative estimate of drug-likeness (QED) is 0.285. The van der Waals surface area contributed by atoms with E-state index in [-0.39, 0.29) is 18.1 Å². The second kappa shape index (κ2) is 13.4. The molecule has 1 fully saturated rings. The number of carboxylic acid groups (broad SMARTS) is 1. The lowest BCUT2D eigenvalue weighted by atomic mass is 9.91. The van der Waals surface area contributed by atoms with Gasteiger partial charge in [-0.2, -0.15) is 11.8 Å². The number of piperidine rings is 1. The maximum atomic E-state index is 12.8. The van der Waals surface area contributed by atoms with Crippen LogP contribution in [0.15, 0.2) is 42.6 Å². The van der Waals surface area contributed by atoms with Gasteiger partial charge < -0.3 is 24.9 Å². The van der Waals surface area contributed by atoms with Crippen molar-refractivity contribution >= 4 is 34.5 Å². The van der Waals surface area contributed by atoms with Crippen LogP contribution in [0, 0.1) is 6.92 Å². The molecule has 1 aromatic heterocycles. The van der Waals surface area contributed by atoms with Gasteiger partial charge in [-0.3, -0.25) is 9.69 Å². The lowest BCUT2D eigenvalue weighted by molar-refractivity contribution is -0.139. The molecule has 0 saturated carbocycles. The minimum absolute atomic E-state index is 0.0979. The third-order valence-electron chi connectivity index (χ3n) is 7.53. The van der Waals surface area contributed by atoms with Crippen LogP contribution >= 0.6 is 11.8 Å². The summed E-state index contributed by atoms with van der Waals surface area (Å²) in [5, 5.41) is 13.3. The molecule has 1 aliphatic heterocycles. The number of carbonyl (C=O) groups is 2. The largest absolute Gasteiger partial charge is 0.496 e. The summed E-state index contributed by atoms with van der Waals surface area (Å²) in [6.45, 7) is 6.38. The van der Waals surface area contributed by atoms with E-state index >= 15 is 0 Å². The number of aryl methyl sites for hydroxylation is 1. The number of H-pyrrole nitrogens is 1. The van der Waals surface area contributed by atoms with Gasteiger partial charge in [0, 0.05) is 54.0 Å². The highest BCUT2D eigenvalue weighted by molar-refractivity contribution is 7.98. The molecule has 0 unspecified atom stereocenters. The maximum Gasteiger partial charge on any atom is 0.326 e. The molecule has 0 aliphatic carbocycles. The Morgan fingerprint density at radius 2 is 2.03 bits per heavy atom. The average molecular weight is 554 g/mol. The van der Waals surface area contributed by atoms with Gasteiger partial charge in [-0.1, -0.05) is 12.1 Å². The normalized spacial score (nSPS) is 18.7. The summed E-state index contributed by atoms with van der Waals surface area (Å²) < 4.78 is 11.8. The van der Waals surface area contributed by atoms with Crippen molar-refractivity contribution in [3.8, 4) is 5.75 Å². The first-order valence-corrected chi connectivity index (χ1v) is 14.9. The minimum Gasteiger partial charge on any atom is -0.496 e. The number of aromatic nitrogens is 1. The summed E-state index contributed by atoms with van der Waals surface area (Å²) in [4.78, 5) is 30.2. The number of benzene rings is 2. The van der Waals surface area contributed by atoms with Gasteiger partial charge in [-0.05, 0) is 80.5 Å². The molecule has 0 spiro atoms. The molecule has 0 bridgehead atoms. The highest BCUT2D eigenvalue weighted by Gasteiger charge is 2.31. The molecule has 0 radical (unpaired) electrons. The van der Waals surface area contributed by atoms with Crippen LogP contribution in [0.3, 0.4) is 0 Å². The zero-order valence-corrected chi connectivity index (χ0v) is 24.0. The third kappa shape index (κ3) is 6.77. The molecule has 8 nitrogen and oxygen atoms in total. The summed E-state index contributed by atoms with van der Waals surface area (Å²) in [7, 11) is 1.72.